The molecular formula is C18H25N3OS2. The third kappa shape index (κ3) is 5.40. The highest BCUT2D eigenvalue weighted by atomic mass is 32.1. The van der Waals surface area contributed by atoms with Gasteiger partial charge in [0.2, 0.25) is 5.91 Å². The highest BCUT2D eigenvalue weighted by molar-refractivity contribution is 7.13. The van der Waals surface area contributed by atoms with Crippen molar-refractivity contribution in [2.75, 3.05) is 18.4 Å². The maximum Gasteiger partial charge on any atom is 0.226 e. The Hall–Kier alpha value is -1.24. The molecule has 1 aliphatic heterocycles. The third-order valence-electron chi connectivity index (χ3n) is 4.33. The number of aryl methyl sites for hydroxylation is 1. The van der Waals surface area contributed by atoms with E-state index in [-0.39, 0.29) is 5.91 Å². The lowest BCUT2D eigenvalue weighted by atomic mass is 10.0. The number of carbonyl (C=O) groups is 1. The summed E-state index contributed by atoms with van der Waals surface area (Å²) in [5.74, 6) is 0.846. The Labute approximate surface area is 151 Å². The zero-order valence-electron chi connectivity index (χ0n) is 14.2. The van der Waals surface area contributed by atoms with Crippen LogP contribution in [0.5, 0.6) is 0 Å². The lowest BCUT2D eigenvalue weighted by Gasteiger charge is -2.30. The number of hydrogen-bond donors (Lipinski definition) is 1. The molecule has 0 aliphatic carbocycles. The van der Waals surface area contributed by atoms with Gasteiger partial charge in [0.15, 0.2) is 5.13 Å². The van der Waals surface area contributed by atoms with E-state index in [0.29, 0.717) is 6.42 Å². The molecule has 1 amide bonds. The monoisotopic (exact) mass is 363 g/mol. The van der Waals surface area contributed by atoms with Gasteiger partial charge in [0.05, 0.1) is 5.69 Å². The first kappa shape index (κ1) is 17.6. The van der Waals surface area contributed by atoms with Crippen molar-refractivity contribution in [3.8, 4) is 0 Å². The summed E-state index contributed by atoms with van der Waals surface area (Å²) in [5, 5.41) is 7.82. The molecule has 2 aromatic rings. The van der Waals surface area contributed by atoms with Crippen LogP contribution in [0.15, 0.2) is 22.9 Å². The SMILES string of the molecule is CC1CCCN(Cc2csc(NC(=O)CCCc3cccs3)n2)C1. The summed E-state index contributed by atoms with van der Waals surface area (Å²) in [6, 6.07) is 4.18. The summed E-state index contributed by atoms with van der Waals surface area (Å²) in [6.45, 7) is 5.53. The van der Waals surface area contributed by atoms with Crippen molar-refractivity contribution in [1.82, 2.24) is 9.88 Å². The van der Waals surface area contributed by atoms with Crippen molar-refractivity contribution >= 4 is 33.7 Å². The lowest BCUT2D eigenvalue weighted by molar-refractivity contribution is -0.116. The molecule has 1 N–H and O–H groups in total. The Bertz CT molecular complexity index is 638. The fourth-order valence-electron chi connectivity index (χ4n) is 3.16. The molecule has 1 atom stereocenters. The van der Waals surface area contributed by atoms with E-state index in [1.165, 1.54) is 29.1 Å². The number of carbonyl (C=O) groups excluding carboxylic acids is 1. The van der Waals surface area contributed by atoms with Crippen molar-refractivity contribution in [3.05, 3.63) is 33.5 Å². The first-order valence-electron chi connectivity index (χ1n) is 8.68. The van der Waals surface area contributed by atoms with Crippen molar-refractivity contribution < 1.29 is 4.79 Å². The summed E-state index contributed by atoms with van der Waals surface area (Å²) < 4.78 is 0. The van der Waals surface area contributed by atoms with E-state index in [0.717, 1.165) is 49.2 Å². The maximum absolute atomic E-state index is 12.0. The second kappa shape index (κ2) is 8.74. The van der Waals surface area contributed by atoms with Crippen LogP contribution in [0.25, 0.3) is 0 Å². The number of piperidine rings is 1. The van der Waals surface area contributed by atoms with E-state index in [9.17, 15) is 4.79 Å². The highest BCUT2D eigenvalue weighted by Crippen LogP contribution is 2.21. The van der Waals surface area contributed by atoms with Crippen LogP contribution in [0.2, 0.25) is 0 Å². The molecule has 6 heteroatoms. The molecule has 1 fully saturated rings. The second-order valence-electron chi connectivity index (χ2n) is 6.61. The van der Waals surface area contributed by atoms with Gasteiger partial charge in [-0.25, -0.2) is 4.98 Å². The molecular weight excluding hydrogens is 338 g/mol. The zero-order chi connectivity index (χ0) is 16.8. The van der Waals surface area contributed by atoms with Gasteiger partial charge in [0.25, 0.3) is 0 Å². The summed E-state index contributed by atoms with van der Waals surface area (Å²) in [5.41, 5.74) is 1.07. The average molecular weight is 364 g/mol. The Morgan fingerprint density at radius 3 is 3.17 bits per heavy atom. The van der Waals surface area contributed by atoms with Gasteiger partial charge in [-0.1, -0.05) is 13.0 Å². The number of aromatic nitrogens is 1. The van der Waals surface area contributed by atoms with Gasteiger partial charge in [0, 0.05) is 29.8 Å². The van der Waals surface area contributed by atoms with E-state index in [1.54, 1.807) is 11.3 Å². The van der Waals surface area contributed by atoms with Crippen molar-refractivity contribution in [3.63, 3.8) is 0 Å². The number of thiazole rings is 1. The zero-order valence-corrected chi connectivity index (χ0v) is 15.8. The van der Waals surface area contributed by atoms with Gasteiger partial charge >= 0.3 is 0 Å². The van der Waals surface area contributed by atoms with Crippen molar-refractivity contribution in [1.29, 1.82) is 0 Å². The lowest BCUT2D eigenvalue weighted by Crippen LogP contribution is -2.33. The van der Waals surface area contributed by atoms with E-state index in [2.05, 4.69) is 45.0 Å². The topological polar surface area (TPSA) is 45.2 Å². The summed E-state index contributed by atoms with van der Waals surface area (Å²) in [4.78, 5) is 20.4. The van der Waals surface area contributed by atoms with Crippen molar-refractivity contribution in [2.45, 2.75) is 45.6 Å². The molecule has 1 unspecified atom stereocenters. The number of nitrogens with one attached hydrogen (secondary N) is 1. The Morgan fingerprint density at radius 1 is 1.46 bits per heavy atom. The molecule has 4 nitrogen and oxygen atoms in total. The fraction of sp³-hybridized carbons (Fsp3) is 0.556. The van der Waals surface area contributed by atoms with Crippen LogP contribution in [0, 0.1) is 5.92 Å². The Kier molecular flexibility index (Phi) is 6.40. The van der Waals surface area contributed by atoms with Gasteiger partial charge in [-0.05, 0) is 49.6 Å². The molecule has 2 aromatic heterocycles. The molecule has 0 bridgehead atoms. The highest BCUT2D eigenvalue weighted by Gasteiger charge is 2.17. The van der Waals surface area contributed by atoms with Gasteiger partial charge in [0.1, 0.15) is 0 Å². The number of likely N-dealkylation sites (tertiary alicyclic amines) is 1. The molecule has 0 aromatic carbocycles. The standard InChI is InChI=1S/C18H25N3OS2/c1-14-5-3-9-21(11-14)12-15-13-24-18(19-15)20-17(22)8-2-6-16-7-4-10-23-16/h4,7,10,13-14H,2-3,5-6,8-9,11-12H2,1H3,(H,19,20,22). The normalized spacial score (nSPS) is 18.6. The van der Waals surface area contributed by atoms with Gasteiger partial charge in [-0.3, -0.25) is 9.69 Å². The minimum absolute atomic E-state index is 0.0686. The molecule has 1 saturated heterocycles. The first-order valence-corrected chi connectivity index (χ1v) is 10.4. The van der Waals surface area contributed by atoms with Crippen LogP contribution in [0.1, 0.15) is 43.2 Å². The number of rotatable bonds is 7. The van der Waals surface area contributed by atoms with Crippen LogP contribution < -0.4 is 5.32 Å². The van der Waals surface area contributed by atoms with E-state index in [1.807, 2.05) is 0 Å². The van der Waals surface area contributed by atoms with Crippen LogP contribution in [0.4, 0.5) is 5.13 Å². The van der Waals surface area contributed by atoms with Gasteiger partial charge in [-0.2, -0.15) is 0 Å². The molecule has 3 rings (SSSR count). The third-order valence-corrected chi connectivity index (χ3v) is 6.07. The number of amides is 1. The van der Waals surface area contributed by atoms with E-state index in [4.69, 9.17) is 0 Å². The number of thiophene rings is 1. The largest absolute Gasteiger partial charge is 0.302 e. The summed E-state index contributed by atoms with van der Waals surface area (Å²) in [6.07, 6.45) is 5.02. The molecule has 1 aliphatic rings. The number of hydrogen-bond acceptors (Lipinski definition) is 5. The molecule has 3 heterocycles. The van der Waals surface area contributed by atoms with Crippen LogP contribution >= 0.6 is 22.7 Å². The fourth-order valence-corrected chi connectivity index (χ4v) is 4.63. The van der Waals surface area contributed by atoms with Crippen LogP contribution in [-0.2, 0) is 17.8 Å². The first-order chi connectivity index (χ1) is 11.7. The van der Waals surface area contributed by atoms with Crippen molar-refractivity contribution in [2.24, 2.45) is 5.92 Å². The molecule has 0 radical (unpaired) electrons. The van der Waals surface area contributed by atoms with Gasteiger partial charge in [-0.15, -0.1) is 22.7 Å². The predicted octanol–water partition coefficient (Wildman–Crippen LogP) is 4.40. The number of anilines is 1. The Morgan fingerprint density at radius 2 is 2.38 bits per heavy atom. The molecule has 24 heavy (non-hydrogen) atoms. The minimum Gasteiger partial charge on any atom is -0.302 e. The van der Waals surface area contributed by atoms with E-state index < -0.39 is 0 Å². The minimum atomic E-state index is 0.0686. The van der Waals surface area contributed by atoms with E-state index >= 15 is 0 Å². The van der Waals surface area contributed by atoms with Crippen LogP contribution in [-0.4, -0.2) is 28.9 Å². The summed E-state index contributed by atoms with van der Waals surface area (Å²) in [7, 11) is 0. The quantitative estimate of drug-likeness (QED) is 0.793. The van der Waals surface area contributed by atoms with Gasteiger partial charge < -0.3 is 5.32 Å². The Balaban J connectivity index is 1.40. The smallest absolute Gasteiger partial charge is 0.226 e. The average Bonchev–Trinajstić information content (AvgIpc) is 3.20. The molecule has 0 saturated carbocycles. The summed E-state index contributed by atoms with van der Waals surface area (Å²) >= 11 is 3.28. The van der Waals surface area contributed by atoms with Crippen LogP contribution in [0.3, 0.4) is 0 Å². The maximum atomic E-state index is 12.0. The number of nitrogens with zero attached hydrogens (tertiary/aromatic N) is 2. The molecule has 130 valence electrons. The molecule has 0 spiro atoms. The predicted molar refractivity (Wildman–Crippen MR) is 102 cm³/mol. The second-order valence-corrected chi connectivity index (χ2v) is 8.50.